The predicted molar refractivity (Wildman–Crippen MR) is 70.3 cm³/mol. The molecule has 102 valence electrons. The Balaban J connectivity index is 2.05. The number of pyridine rings is 1. The molecule has 1 unspecified atom stereocenters. The van der Waals surface area contributed by atoms with E-state index in [0.717, 1.165) is 0 Å². The third-order valence-corrected chi connectivity index (χ3v) is 3.06. The zero-order valence-electron chi connectivity index (χ0n) is 10.3. The molecule has 1 atom stereocenters. The number of hydrogen-bond donors (Lipinski definition) is 2. The minimum atomic E-state index is -1.60. The molecule has 1 aromatic heterocycles. The van der Waals surface area contributed by atoms with Gasteiger partial charge in [-0.15, -0.1) is 0 Å². The SMILES string of the molecule is O=[N+]([O-])c1cccc2c1NC(O)(c1ccccn1)CO2. The Hall–Kier alpha value is -2.67. The van der Waals surface area contributed by atoms with Gasteiger partial charge < -0.3 is 15.2 Å². The molecule has 7 heteroatoms. The molecule has 0 spiro atoms. The molecule has 1 aromatic carbocycles. The van der Waals surface area contributed by atoms with E-state index in [1.54, 1.807) is 24.3 Å². The highest BCUT2D eigenvalue weighted by Gasteiger charge is 2.39. The van der Waals surface area contributed by atoms with E-state index in [0.29, 0.717) is 11.4 Å². The second kappa shape index (κ2) is 4.46. The number of aromatic nitrogens is 1. The van der Waals surface area contributed by atoms with Gasteiger partial charge >= 0.3 is 0 Å². The van der Waals surface area contributed by atoms with Crippen LogP contribution in [0.3, 0.4) is 0 Å². The molecule has 2 aromatic rings. The van der Waals surface area contributed by atoms with E-state index in [9.17, 15) is 15.2 Å². The summed E-state index contributed by atoms with van der Waals surface area (Å²) in [6, 6.07) is 9.54. The highest BCUT2D eigenvalue weighted by atomic mass is 16.6. The minimum absolute atomic E-state index is 0.0851. The third-order valence-electron chi connectivity index (χ3n) is 3.06. The van der Waals surface area contributed by atoms with Gasteiger partial charge in [0.2, 0.25) is 5.72 Å². The number of benzene rings is 1. The Bertz CT molecular complexity index is 662. The molecular weight excluding hydrogens is 262 g/mol. The lowest BCUT2D eigenvalue weighted by Gasteiger charge is -2.34. The molecule has 0 saturated heterocycles. The van der Waals surface area contributed by atoms with Crippen molar-refractivity contribution < 1.29 is 14.8 Å². The molecule has 1 aliphatic rings. The summed E-state index contributed by atoms with van der Waals surface area (Å²) in [5, 5.41) is 24.4. The summed E-state index contributed by atoms with van der Waals surface area (Å²) >= 11 is 0. The lowest BCUT2D eigenvalue weighted by Crippen LogP contribution is -2.44. The smallest absolute Gasteiger partial charge is 0.296 e. The molecule has 7 nitrogen and oxygen atoms in total. The Morgan fingerprint density at radius 1 is 1.35 bits per heavy atom. The van der Waals surface area contributed by atoms with Gasteiger partial charge in [-0.1, -0.05) is 12.1 Å². The molecule has 0 amide bonds. The summed E-state index contributed by atoms with van der Waals surface area (Å²) in [5.74, 6) is 0.333. The van der Waals surface area contributed by atoms with Crippen molar-refractivity contribution in [1.82, 2.24) is 4.98 Å². The molecule has 0 radical (unpaired) electrons. The zero-order valence-corrected chi connectivity index (χ0v) is 10.3. The number of hydrogen-bond acceptors (Lipinski definition) is 6. The number of nitro groups is 1. The number of ether oxygens (including phenoxy) is 1. The van der Waals surface area contributed by atoms with Gasteiger partial charge in [0, 0.05) is 12.3 Å². The number of nitrogens with one attached hydrogen (secondary N) is 1. The van der Waals surface area contributed by atoms with Crippen LogP contribution in [0.2, 0.25) is 0 Å². The second-order valence-electron chi connectivity index (χ2n) is 4.40. The van der Waals surface area contributed by atoms with Gasteiger partial charge in [0.1, 0.15) is 12.4 Å². The molecular formula is C13H11N3O4. The molecule has 0 aliphatic carbocycles. The van der Waals surface area contributed by atoms with Crippen LogP contribution in [0.5, 0.6) is 5.75 Å². The number of aliphatic hydroxyl groups is 1. The van der Waals surface area contributed by atoms with E-state index in [2.05, 4.69) is 10.3 Å². The van der Waals surface area contributed by atoms with Crippen LogP contribution in [0, 0.1) is 10.1 Å². The molecule has 3 rings (SSSR count). The molecule has 2 N–H and O–H groups in total. The van der Waals surface area contributed by atoms with Crippen LogP contribution in [-0.4, -0.2) is 21.6 Å². The van der Waals surface area contributed by atoms with Gasteiger partial charge in [-0.2, -0.15) is 0 Å². The first kappa shape index (κ1) is 12.4. The fourth-order valence-corrected chi connectivity index (χ4v) is 2.09. The van der Waals surface area contributed by atoms with Gasteiger partial charge in [0.25, 0.3) is 5.69 Å². The summed E-state index contributed by atoms with van der Waals surface area (Å²) in [5.41, 5.74) is -1.27. The topological polar surface area (TPSA) is 97.5 Å². The molecule has 0 bridgehead atoms. The number of para-hydroxylation sites is 1. The quantitative estimate of drug-likeness (QED) is 0.637. The maximum Gasteiger partial charge on any atom is 0.296 e. The monoisotopic (exact) mass is 273 g/mol. The lowest BCUT2D eigenvalue weighted by molar-refractivity contribution is -0.384. The first-order chi connectivity index (χ1) is 9.60. The molecule has 0 saturated carbocycles. The van der Waals surface area contributed by atoms with Crippen molar-refractivity contribution in [3.63, 3.8) is 0 Å². The number of fused-ring (bicyclic) bond motifs is 1. The van der Waals surface area contributed by atoms with Crippen molar-refractivity contribution in [1.29, 1.82) is 0 Å². The Morgan fingerprint density at radius 2 is 2.20 bits per heavy atom. The van der Waals surface area contributed by atoms with Crippen LogP contribution < -0.4 is 10.1 Å². The molecule has 0 fully saturated rings. The largest absolute Gasteiger partial charge is 0.486 e. The number of anilines is 1. The van der Waals surface area contributed by atoms with Crippen LogP contribution >= 0.6 is 0 Å². The number of nitro benzene ring substituents is 1. The van der Waals surface area contributed by atoms with E-state index in [4.69, 9.17) is 4.74 Å². The summed E-state index contributed by atoms with van der Waals surface area (Å²) in [4.78, 5) is 14.6. The predicted octanol–water partition coefficient (Wildman–Crippen LogP) is 1.64. The third kappa shape index (κ3) is 1.94. The number of nitrogens with zero attached hydrogens (tertiary/aromatic N) is 2. The maximum atomic E-state index is 11.0. The molecule has 2 heterocycles. The Morgan fingerprint density at radius 3 is 2.90 bits per heavy atom. The van der Waals surface area contributed by atoms with E-state index in [-0.39, 0.29) is 18.0 Å². The Labute approximate surface area is 114 Å². The fraction of sp³-hybridized carbons (Fsp3) is 0.154. The van der Waals surface area contributed by atoms with E-state index in [1.165, 1.54) is 18.3 Å². The zero-order chi connectivity index (χ0) is 14.2. The second-order valence-corrected chi connectivity index (χ2v) is 4.40. The normalized spacial score (nSPS) is 20.4. The summed E-state index contributed by atoms with van der Waals surface area (Å²) in [6.45, 7) is -0.0851. The van der Waals surface area contributed by atoms with Crippen molar-refractivity contribution in [3.8, 4) is 5.75 Å². The van der Waals surface area contributed by atoms with Gasteiger partial charge in [0.05, 0.1) is 10.6 Å². The molecule has 20 heavy (non-hydrogen) atoms. The highest BCUT2D eigenvalue weighted by molar-refractivity contribution is 5.72. The van der Waals surface area contributed by atoms with Crippen molar-refractivity contribution in [2.24, 2.45) is 0 Å². The molecule has 1 aliphatic heterocycles. The van der Waals surface area contributed by atoms with Crippen LogP contribution in [0.1, 0.15) is 5.69 Å². The van der Waals surface area contributed by atoms with Crippen molar-refractivity contribution in [2.45, 2.75) is 5.72 Å². The number of rotatable bonds is 2. The van der Waals surface area contributed by atoms with Gasteiger partial charge in [0.15, 0.2) is 5.69 Å². The van der Waals surface area contributed by atoms with Crippen molar-refractivity contribution in [3.05, 3.63) is 58.4 Å². The minimum Gasteiger partial charge on any atom is -0.486 e. The van der Waals surface area contributed by atoms with Crippen molar-refractivity contribution >= 4 is 11.4 Å². The average molecular weight is 273 g/mol. The van der Waals surface area contributed by atoms with Crippen LogP contribution in [0.4, 0.5) is 11.4 Å². The van der Waals surface area contributed by atoms with E-state index >= 15 is 0 Å². The van der Waals surface area contributed by atoms with Crippen LogP contribution in [-0.2, 0) is 5.72 Å². The average Bonchev–Trinajstić information content (AvgIpc) is 2.47. The first-order valence-corrected chi connectivity index (χ1v) is 5.92. The Kier molecular flexibility index (Phi) is 2.76. The van der Waals surface area contributed by atoms with Gasteiger partial charge in [-0.05, 0) is 18.2 Å². The van der Waals surface area contributed by atoms with Crippen LogP contribution in [0.25, 0.3) is 0 Å². The summed E-state index contributed by atoms with van der Waals surface area (Å²) in [7, 11) is 0. The highest BCUT2D eigenvalue weighted by Crippen LogP contribution is 2.41. The van der Waals surface area contributed by atoms with E-state index < -0.39 is 10.6 Å². The first-order valence-electron chi connectivity index (χ1n) is 5.92. The van der Waals surface area contributed by atoms with Crippen molar-refractivity contribution in [2.75, 3.05) is 11.9 Å². The van der Waals surface area contributed by atoms with Gasteiger partial charge in [-0.25, -0.2) is 0 Å². The summed E-state index contributed by atoms with van der Waals surface area (Å²) < 4.78 is 5.43. The summed E-state index contributed by atoms with van der Waals surface area (Å²) in [6.07, 6.45) is 1.53. The fourth-order valence-electron chi connectivity index (χ4n) is 2.09. The standard InChI is InChI=1S/C13H11N3O4/c17-13(11-6-1-2-7-14-11)8-20-10-5-3-4-9(16(18)19)12(10)15-13/h1-7,15,17H,8H2. The van der Waals surface area contributed by atoms with Gasteiger partial charge in [-0.3, -0.25) is 15.1 Å². The van der Waals surface area contributed by atoms with Crippen LogP contribution in [0.15, 0.2) is 42.6 Å². The van der Waals surface area contributed by atoms with E-state index in [1.807, 2.05) is 0 Å². The maximum absolute atomic E-state index is 11.0. The lowest BCUT2D eigenvalue weighted by atomic mass is 10.1.